The van der Waals surface area contributed by atoms with Crippen LogP contribution in [0.15, 0.2) is 53.4 Å². The van der Waals surface area contributed by atoms with Gasteiger partial charge in [0.15, 0.2) is 5.13 Å². The van der Waals surface area contributed by atoms with Crippen LogP contribution in [0.3, 0.4) is 0 Å². The third-order valence-electron chi connectivity index (χ3n) is 5.65. The number of para-hydroxylation sites is 1. The summed E-state index contributed by atoms with van der Waals surface area (Å²) < 4.78 is 6.59. The Labute approximate surface area is 210 Å². The fourth-order valence-corrected chi connectivity index (χ4v) is 5.82. The molecule has 0 spiro atoms. The van der Waals surface area contributed by atoms with Crippen LogP contribution in [0.4, 0.5) is 5.13 Å². The largest absolute Gasteiger partial charge is 0.379 e. The first kappa shape index (κ1) is 26.0. The number of thiazole rings is 1. The van der Waals surface area contributed by atoms with E-state index < -0.39 is 0 Å². The predicted octanol–water partition coefficient (Wildman–Crippen LogP) is 5.65. The lowest BCUT2D eigenvalue weighted by molar-refractivity contribution is -0.118. The standard InChI is InChI=1S/C25H31N3O2S2.ClH/c1-20-8-5-11-22-24(20)26-25(32-22)28(14-7-13-27-15-17-30-18-16-27)23(29)12-6-19-31-21-9-3-2-4-10-21;/h2-5,8-11H,6-7,12-19H2,1H3;1H. The molecular formula is C25H32ClN3O2S2. The third-order valence-corrected chi connectivity index (χ3v) is 7.79. The van der Waals surface area contributed by atoms with Gasteiger partial charge in [0, 0.05) is 37.5 Å². The van der Waals surface area contributed by atoms with Crippen LogP contribution in [0, 0.1) is 6.92 Å². The van der Waals surface area contributed by atoms with Crippen LogP contribution in [-0.2, 0) is 9.53 Å². The number of halogens is 1. The van der Waals surface area contributed by atoms with Crippen molar-refractivity contribution in [2.24, 2.45) is 0 Å². The summed E-state index contributed by atoms with van der Waals surface area (Å²) >= 11 is 3.44. The first-order chi connectivity index (χ1) is 15.7. The number of morpholine rings is 1. The molecule has 0 atom stereocenters. The molecule has 0 N–H and O–H groups in total. The smallest absolute Gasteiger partial charge is 0.228 e. The fourth-order valence-electron chi connectivity index (χ4n) is 3.86. The van der Waals surface area contributed by atoms with Crippen molar-refractivity contribution in [2.45, 2.75) is 31.1 Å². The maximum Gasteiger partial charge on any atom is 0.228 e. The quantitative estimate of drug-likeness (QED) is 0.263. The van der Waals surface area contributed by atoms with Gasteiger partial charge < -0.3 is 4.74 Å². The van der Waals surface area contributed by atoms with E-state index in [1.807, 2.05) is 22.7 Å². The molecule has 0 radical (unpaired) electrons. The molecule has 1 aliphatic rings. The number of aromatic nitrogens is 1. The van der Waals surface area contributed by atoms with Gasteiger partial charge in [0.1, 0.15) is 0 Å². The SMILES string of the molecule is Cc1cccc2sc(N(CCCN3CCOCC3)C(=O)CCCSc3ccccc3)nc12.Cl. The van der Waals surface area contributed by atoms with E-state index in [-0.39, 0.29) is 18.3 Å². The van der Waals surface area contributed by atoms with E-state index in [0.29, 0.717) is 13.0 Å². The minimum Gasteiger partial charge on any atom is -0.379 e. The number of carbonyl (C=O) groups excluding carboxylic acids is 1. The van der Waals surface area contributed by atoms with Crippen LogP contribution in [-0.4, -0.2) is 60.9 Å². The van der Waals surface area contributed by atoms with Gasteiger partial charge in [0.05, 0.1) is 23.4 Å². The fraction of sp³-hybridized carbons (Fsp3) is 0.440. The number of thioether (sulfide) groups is 1. The molecule has 2 aromatic carbocycles. The Balaban J connectivity index is 0.00000306. The summed E-state index contributed by atoms with van der Waals surface area (Å²) in [7, 11) is 0. The lowest BCUT2D eigenvalue weighted by Gasteiger charge is -2.27. The molecular weight excluding hydrogens is 474 g/mol. The van der Waals surface area contributed by atoms with Gasteiger partial charge in [-0.3, -0.25) is 14.6 Å². The van der Waals surface area contributed by atoms with Crippen LogP contribution in [0.1, 0.15) is 24.8 Å². The average molecular weight is 506 g/mol. The second-order valence-corrected chi connectivity index (χ2v) is 10.2. The van der Waals surface area contributed by atoms with Gasteiger partial charge >= 0.3 is 0 Å². The minimum atomic E-state index is 0. The van der Waals surface area contributed by atoms with Crippen molar-refractivity contribution in [2.75, 3.05) is 50.0 Å². The molecule has 5 nitrogen and oxygen atoms in total. The number of anilines is 1. The molecule has 0 saturated carbocycles. The van der Waals surface area contributed by atoms with Crippen LogP contribution in [0.5, 0.6) is 0 Å². The first-order valence-corrected chi connectivity index (χ1v) is 13.2. The Bertz CT molecular complexity index is 1010. The Morgan fingerprint density at radius 2 is 1.91 bits per heavy atom. The molecule has 8 heteroatoms. The van der Waals surface area contributed by atoms with Crippen molar-refractivity contribution in [3.8, 4) is 0 Å². The van der Waals surface area contributed by atoms with Gasteiger partial charge in [-0.15, -0.1) is 24.2 Å². The van der Waals surface area contributed by atoms with Crippen molar-refractivity contribution in [3.63, 3.8) is 0 Å². The third kappa shape index (κ3) is 7.42. The summed E-state index contributed by atoms with van der Waals surface area (Å²) in [5, 5.41) is 0.831. The number of benzene rings is 2. The number of hydrogen-bond acceptors (Lipinski definition) is 6. The second-order valence-electron chi connectivity index (χ2n) is 8.04. The Morgan fingerprint density at radius 1 is 1.12 bits per heavy atom. The van der Waals surface area contributed by atoms with Gasteiger partial charge in [-0.25, -0.2) is 4.98 Å². The van der Waals surface area contributed by atoms with Gasteiger partial charge in [0.2, 0.25) is 5.91 Å². The molecule has 0 aliphatic carbocycles. The summed E-state index contributed by atoms with van der Waals surface area (Å²) in [6.45, 7) is 7.34. The molecule has 1 fully saturated rings. The number of fused-ring (bicyclic) bond motifs is 1. The summed E-state index contributed by atoms with van der Waals surface area (Å²) in [5.41, 5.74) is 2.17. The summed E-state index contributed by atoms with van der Waals surface area (Å²) in [4.78, 5) is 23.7. The first-order valence-electron chi connectivity index (χ1n) is 11.4. The van der Waals surface area contributed by atoms with E-state index in [1.165, 1.54) is 4.90 Å². The monoisotopic (exact) mass is 505 g/mol. The number of nitrogens with zero attached hydrogens (tertiary/aromatic N) is 3. The van der Waals surface area contributed by atoms with Crippen molar-refractivity contribution in [1.82, 2.24) is 9.88 Å². The van der Waals surface area contributed by atoms with E-state index >= 15 is 0 Å². The molecule has 4 rings (SSSR count). The van der Waals surface area contributed by atoms with E-state index in [9.17, 15) is 4.79 Å². The van der Waals surface area contributed by atoms with E-state index in [4.69, 9.17) is 9.72 Å². The molecule has 1 saturated heterocycles. The maximum atomic E-state index is 13.2. The van der Waals surface area contributed by atoms with Crippen molar-refractivity contribution in [1.29, 1.82) is 0 Å². The van der Waals surface area contributed by atoms with Crippen molar-refractivity contribution < 1.29 is 9.53 Å². The Kier molecular flexibility index (Phi) is 10.5. The highest BCUT2D eigenvalue weighted by Crippen LogP contribution is 2.31. The van der Waals surface area contributed by atoms with Crippen LogP contribution >= 0.6 is 35.5 Å². The van der Waals surface area contributed by atoms with E-state index in [2.05, 4.69) is 54.3 Å². The zero-order chi connectivity index (χ0) is 22.2. The average Bonchev–Trinajstić information content (AvgIpc) is 3.26. The van der Waals surface area contributed by atoms with Gasteiger partial charge in [0.25, 0.3) is 0 Å². The molecule has 1 aromatic heterocycles. The predicted molar refractivity (Wildman–Crippen MR) is 142 cm³/mol. The highest BCUT2D eigenvalue weighted by molar-refractivity contribution is 7.99. The number of aryl methyl sites for hydroxylation is 1. The van der Waals surface area contributed by atoms with Crippen LogP contribution < -0.4 is 4.90 Å². The number of rotatable bonds is 10. The minimum absolute atomic E-state index is 0. The number of ether oxygens (including phenoxy) is 1. The molecule has 1 aliphatic heterocycles. The van der Waals surface area contributed by atoms with Crippen molar-refractivity contribution >= 4 is 56.8 Å². The highest BCUT2D eigenvalue weighted by Gasteiger charge is 2.20. The van der Waals surface area contributed by atoms with Gasteiger partial charge in [-0.2, -0.15) is 0 Å². The zero-order valence-corrected chi connectivity index (χ0v) is 21.5. The number of amides is 1. The Morgan fingerprint density at radius 3 is 2.67 bits per heavy atom. The lowest BCUT2D eigenvalue weighted by Crippen LogP contribution is -2.39. The molecule has 33 heavy (non-hydrogen) atoms. The molecule has 2 heterocycles. The van der Waals surface area contributed by atoms with Gasteiger partial charge in [-0.05, 0) is 49.3 Å². The number of carbonyl (C=O) groups is 1. The highest BCUT2D eigenvalue weighted by atomic mass is 35.5. The second kappa shape index (κ2) is 13.3. The maximum absolute atomic E-state index is 13.2. The lowest BCUT2D eigenvalue weighted by atomic mass is 10.2. The van der Waals surface area contributed by atoms with Crippen LogP contribution in [0.2, 0.25) is 0 Å². The topological polar surface area (TPSA) is 45.7 Å². The van der Waals surface area contributed by atoms with Crippen LogP contribution in [0.25, 0.3) is 10.2 Å². The Hall–Kier alpha value is -1.64. The number of hydrogen-bond donors (Lipinski definition) is 0. The molecule has 1 amide bonds. The van der Waals surface area contributed by atoms with E-state index in [1.54, 1.807) is 11.3 Å². The zero-order valence-electron chi connectivity index (χ0n) is 19.1. The summed E-state index contributed by atoms with van der Waals surface area (Å²) in [5.74, 6) is 1.12. The van der Waals surface area contributed by atoms with Gasteiger partial charge in [-0.1, -0.05) is 41.7 Å². The normalized spacial score (nSPS) is 14.2. The molecule has 0 bridgehead atoms. The summed E-state index contributed by atoms with van der Waals surface area (Å²) in [6.07, 6.45) is 2.36. The molecule has 3 aromatic rings. The molecule has 0 unspecified atom stereocenters. The molecule has 178 valence electrons. The summed E-state index contributed by atoms with van der Waals surface area (Å²) in [6, 6.07) is 16.6. The van der Waals surface area contributed by atoms with Crippen molar-refractivity contribution in [3.05, 3.63) is 54.1 Å². The van der Waals surface area contributed by atoms with E-state index in [0.717, 1.165) is 72.4 Å².